The number of aryl methyl sites for hydroxylation is 1. The van der Waals surface area contributed by atoms with Gasteiger partial charge in [0.05, 0.1) is 0 Å². The third-order valence-electron chi connectivity index (χ3n) is 4.26. The van der Waals surface area contributed by atoms with Gasteiger partial charge in [0, 0.05) is 6.04 Å². The van der Waals surface area contributed by atoms with E-state index in [-0.39, 0.29) is 5.82 Å². The van der Waals surface area contributed by atoms with Crippen LogP contribution >= 0.6 is 0 Å². The van der Waals surface area contributed by atoms with Crippen LogP contribution < -0.4 is 5.32 Å². The molecule has 2 heteroatoms. The summed E-state index contributed by atoms with van der Waals surface area (Å²) in [6.45, 7) is 5.18. The van der Waals surface area contributed by atoms with Gasteiger partial charge in [-0.1, -0.05) is 31.2 Å². The zero-order chi connectivity index (χ0) is 14.8. The van der Waals surface area contributed by atoms with E-state index >= 15 is 0 Å². The molecule has 0 radical (unpaired) electrons. The van der Waals surface area contributed by atoms with E-state index in [1.807, 2.05) is 6.92 Å². The summed E-state index contributed by atoms with van der Waals surface area (Å²) in [5.41, 5.74) is 5.94. The Hall–Kier alpha value is -1.67. The molecule has 2 aromatic carbocycles. The molecule has 110 valence electrons. The number of nitrogens with one attached hydrogen (secondary N) is 1. The first kappa shape index (κ1) is 14.3. The van der Waals surface area contributed by atoms with Crippen LogP contribution in [-0.4, -0.2) is 6.54 Å². The molecule has 0 saturated carbocycles. The summed E-state index contributed by atoms with van der Waals surface area (Å²) in [6.07, 6.45) is 3.36. The molecule has 21 heavy (non-hydrogen) atoms. The summed E-state index contributed by atoms with van der Waals surface area (Å²) in [4.78, 5) is 0. The first-order valence-electron chi connectivity index (χ1n) is 7.81. The summed E-state index contributed by atoms with van der Waals surface area (Å²) >= 11 is 0. The number of hydrogen-bond acceptors (Lipinski definition) is 1. The minimum absolute atomic E-state index is 0.152. The van der Waals surface area contributed by atoms with Crippen LogP contribution in [0.15, 0.2) is 36.4 Å². The lowest BCUT2D eigenvalue weighted by Crippen LogP contribution is -2.19. The molecule has 1 atom stereocenters. The molecule has 1 N–H and O–H groups in total. The van der Waals surface area contributed by atoms with E-state index in [0.29, 0.717) is 6.04 Å². The lowest BCUT2D eigenvalue weighted by molar-refractivity contribution is 0.529. The molecule has 1 nitrogen and oxygen atoms in total. The molecule has 3 rings (SSSR count). The molecule has 1 aliphatic rings. The fourth-order valence-corrected chi connectivity index (χ4v) is 3.35. The van der Waals surface area contributed by atoms with E-state index in [9.17, 15) is 4.39 Å². The largest absolute Gasteiger partial charge is 0.310 e. The Morgan fingerprint density at radius 1 is 1.24 bits per heavy atom. The molecule has 0 spiro atoms. The SMILES string of the molecule is CCCNC1CCc2c(-c3cc(C)cc(F)c3)cccc21. The summed E-state index contributed by atoms with van der Waals surface area (Å²) < 4.78 is 13.7. The Morgan fingerprint density at radius 3 is 2.86 bits per heavy atom. The Labute approximate surface area is 126 Å². The van der Waals surface area contributed by atoms with Crippen LogP contribution in [0.4, 0.5) is 4.39 Å². The van der Waals surface area contributed by atoms with Gasteiger partial charge in [-0.25, -0.2) is 4.39 Å². The van der Waals surface area contributed by atoms with Crippen molar-refractivity contribution in [2.45, 2.75) is 39.2 Å². The zero-order valence-electron chi connectivity index (χ0n) is 12.7. The van der Waals surface area contributed by atoms with Crippen molar-refractivity contribution in [3.05, 3.63) is 58.9 Å². The van der Waals surface area contributed by atoms with Crippen molar-refractivity contribution in [3.63, 3.8) is 0 Å². The highest BCUT2D eigenvalue weighted by atomic mass is 19.1. The maximum atomic E-state index is 13.7. The fourth-order valence-electron chi connectivity index (χ4n) is 3.35. The second-order valence-corrected chi connectivity index (χ2v) is 5.94. The van der Waals surface area contributed by atoms with Gasteiger partial charge in [-0.15, -0.1) is 0 Å². The average molecular weight is 283 g/mol. The van der Waals surface area contributed by atoms with Gasteiger partial charge in [-0.2, -0.15) is 0 Å². The van der Waals surface area contributed by atoms with Gasteiger partial charge in [-0.05, 0) is 72.7 Å². The minimum Gasteiger partial charge on any atom is -0.310 e. The number of benzene rings is 2. The highest BCUT2D eigenvalue weighted by Gasteiger charge is 2.24. The quantitative estimate of drug-likeness (QED) is 0.851. The third-order valence-corrected chi connectivity index (χ3v) is 4.26. The minimum atomic E-state index is -0.152. The molecule has 0 aromatic heterocycles. The van der Waals surface area contributed by atoms with Gasteiger partial charge in [0.1, 0.15) is 5.82 Å². The van der Waals surface area contributed by atoms with Gasteiger partial charge in [0.2, 0.25) is 0 Å². The van der Waals surface area contributed by atoms with Crippen molar-refractivity contribution in [2.24, 2.45) is 0 Å². The van der Waals surface area contributed by atoms with Crippen LogP contribution in [0, 0.1) is 12.7 Å². The van der Waals surface area contributed by atoms with E-state index in [0.717, 1.165) is 36.9 Å². The standard InChI is InChI=1S/C19H22FN/c1-3-9-21-19-8-7-17-16(5-4-6-18(17)19)14-10-13(2)11-15(20)12-14/h4-6,10-12,19,21H,3,7-9H2,1-2H3. The van der Waals surface area contributed by atoms with Crippen LogP contribution in [0.1, 0.15) is 42.5 Å². The molecular weight excluding hydrogens is 261 g/mol. The molecule has 0 heterocycles. The lowest BCUT2D eigenvalue weighted by atomic mass is 9.95. The highest BCUT2D eigenvalue weighted by Crippen LogP contribution is 2.38. The van der Waals surface area contributed by atoms with Crippen LogP contribution in [0.2, 0.25) is 0 Å². The molecule has 0 saturated heterocycles. The number of halogens is 1. The Bertz CT molecular complexity index is 628. The highest BCUT2D eigenvalue weighted by molar-refractivity contribution is 5.70. The molecule has 2 aromatic rings. The molecule has 0 aliphatic heterocycles. The monoisotopic (exact) mass is 283 g/mol. The maximum absolute atomic E-state index is 13.7. The van der Waals surface area contributed by atoms with Crippen LogP contribution in [-0.2, 0) is 6.42 Å². The van der Waals surface area contributed by atoms with Crippen LogP contribution in [0.3, 0.4) is 0 Å². The second kappa shape index (κ2) is 5.98. The lowest BCUT2D eigenvalue weighted by Gasteiger charge is -2.15. The number of fused-ring (bicyclic) bond motifs is 1. The molecule has 1 aliphatic carbocycles. The normalized spacial score (nSPS) is 17.0. The number of rotatable bonds is 4. The molecular formula is C19H22FN. The maximum Gasteiger partial charge on any atom is 0.124 e. The van der Waals surface area contributed by atoms with Crippen molar-refractivity contribution in [1.82, 2.24) is 5.32 Å². The van der Waals surface area contributed by atoms with Crippen molar-refractivity contribution < 1.29 is 4.39 Å². The Morgan fingerprint density at radius 2 is 2.10 bits per heavy atom. The van der Waals surface area contributed by atoms with Crippen molar-refractivity contribution >= 4 is 0 Å². The third kappa shape index (κ3) is 2.86. The molecule has 0 amide bonds. The summed E-state index contributed by atoms with van der Waals surface area (Å²) in [6, 6.07) is 12.2. The summed E-state index contributed by atoms with van der Waals surface area (Å²) in [5.74, 6) is -0.152. The van der Waals surface area contributed by atoms with Crippen LogP contribution in [0.5, 0.6) is 0 Å². The Balaban J connectivity index is 2.00. The predicted octanol–water partition coefficient (Wildman–Crippen LogP) is 4.79. The molecule has 0 bridgehead atoms. The van der Waals surface area contributed by atoms with Crippen molar-refractivity contribution in [2.75, 3.05) is 6.54 Å². The second-order valence-electron chi connectivity index (χ2n) is 5.94. The summed E-state index contributed by atoms with van der Waals surface area (Å²) in [7, 11) is 0. The van der Waals surface area contributed by atoms with Crippen molar-refractivity contribution in [1.29, 1.82) is 0 Å². The van der Waals surface area contributed by atoms with E-state index in [1.165, 1.54) is 16.7 Å². The van der Waals surface area contributed by atoms with Crippen LogP contribution in [0.25, 0.3) is 11.1 Å². The van der Waals surface area contributed by atoms with Gasteiger partial charge in [0.25, 0.3) is 0 Å². The zero-order valence-corrected chi connectivity index (χ0v) is 12.7. The molecule has 0 fully saturated rings. The average Bonchev–Trinajstić information content (AvgIpc) is 2.87. The Kier molecular flexibility index (Phi) is 4.07. The molecule has 1 unspecified atom stereocenters. The van der Waals surface area contributed by atoms with Gasteiger partial charge in [-0.3, -0.25) is 0 Å². The van der Waals surface area contributed by atoms with E-state index in [4.69, 9.17) is 0 Å². The fraction of sp³-hybridized carbons (Fsp3) is 0.368. The topological polar surface area (TPSA) is 12.0 Å². The van der Waals surface area contributed by atoms with Crippen molar-refractivity contribution in [3.8, 4) is 11.1 Å². The van der Waals surface area contributed by atoms with Gasteiger partial charge < -0.3 is 5.32 Å². The van der Waals surface area contributed by atoms with E-state index < -0.39 is 0 Å². The predicted molar refractivity (Wildman–Crippen MR) is 85.9 cm³/mol. The smallest absolute Gasteiger partial charge is 0.124 e. The van der Waals surface area contributed by atoms with E-state index in [2.05, 4.69) is 36.5 Å². The number of hydrogen-bond donors (Lipinski definition) is 1. The van der Waals surface area contributed by atoms with Gasteiger partial charge >= 0.3 is 0 Å². The summed E-state index contributed by atoms with van der Waals surface area (Å²) in [5, 5.41) is 3.61. The first-order chi connectivity index (χ1) is 10.2. The first-order valence-corrected chi connectivity index (χ1v) is 7.81. The van der Waals surface area contributed by atoms with Gasteiger partial charge in [0.15, 0.2) is 0 Å². The van der Waals surface area contributed by atoms with E-state index in [1.54, 1.807) is 12.1 Å².